The Morgan fingerprint density at radius 3 is 1.44 bits per heavy atom. The highest BCUT2D eigenvalue weighted by Gasteiger charge is 2.18. The zero-order valence-electron chi connectivity index (χ0n) is 14.2. The van der Waals surface area contributed by atoms with Gasteiger partial charge < -0.3 is 23.8 Å². The lowest BCUT2D eigenvalue weighted by Gasteiger charge is -2.27. The van der Waals surface area contributed by atoms with Crippen LogP contribution in [0.2, 0.25) is 0 Å². The molecule has 132 valence electrons. The highest BCUT2D eigenvalue weighted by molar-refractivity contribution is 5.79. The van der Waals surface area contributed by atoms with Crippen molar-refractivity contribution in [2.75, 3.05) is 4.90 Å². The predicted octanol–water partition coefficient (Wildman–Crippen LogP) is 5.64. The lowest BCUT2D eigenvalue weighted by Crippen LogP contribution is -2.11. The summed E-state index contributed by atoms with van der Waals surface area (Å²) in [6.07, 6.45) is 6.08. The van der Waals surface area contributed by atoms with Crippen LogP contribution in [0.1, 0.15) is 0 Å². The van der Waals surface area contributed by atoms with Crippen LogP contribution >= 0.6 is 0 Å². The molecule has 27 heavy (non-hydrogen) atoms. The van der Waals surface area contributed by atoms with Gasteiger partial charge in [0.15, 0.2) is 23.0 Å². The highest BCUT2D eigenvalue weighted by Crippen LogP contribution is 2.43. The van der Waals surface area contributed by atoms with Gasteiger partial charge in [0.2, 0.25) is 0 Å². The Labute approximate surface area is 156 Å². The molecule has 0 fully saturated rings. The first-order valence-electron chi connectivity index (χ1n) is 8.48. The van der Waals surface area contributed by atoms with Crippen LogP contribution in [0.3, 0.4) is 0 Å². The molecule has 5 rings (SSSR count). The van der Waals surface area contributed by atoms with Crippen molar-refractivity contribution in [1.82, 2.24) is 0 Å². The maximum Gasteiger partial charge on any atom is 0.171 e. The average Bonchev–Trinajstić information content (AvgIpc) is 2.74. The number of benzene rings is 3. The van der Waals surface area contributed by atoms with E-state index >= 15 is 0 Å². The smallest absolute Gasteiger partial charge is 0.171 e. The van der Waals surface area contributed by atoms with Gasteiger partial charge in [-0.2, -0.15) is 0 Å². The summed E-state index contributed by atoms with van der Waals surface area (Å²) >= 11 is 0. The minimum Gasteiger partial charge on any atom is -0.458 e. The third kappa shape index (κ3) is 2.85. The molecule has 5 nitrogen and oxygen atoms in total. The van der Waals surface area contributed by atoms with Gasteiger partial charge in [-0.1, -0.05) is 18.2 Å². The van der Waals surface area contributed by atoms with Crippen LogP contribution in [-0.4, -0.2) is 0 Å². The number of nitrogens with zero attached hydrogens (tertiary/aromatic N) is 1. The lowest BCUT2D eigenvalue weighted by atomic mass is 10.1. The molecule has 0 bridgehead atoms. The lowest BCUT2D eigenvalue weighted by molar-refractivity contribution is 0.361. The van der Waals surface area contributed by atoms with Gasteiger partial charge in [0.1, 0.15) is 25.0 Å². The third-order valence-corrected chi connectivity index (χ3v) is 4.28. The summed E-state index contributed by atoms with van der Waals surface area (Å²) < 4.78 is 22.1. The Bertz CT molecular complexity index is 978. The number of rotatable bonds is 3. The Morgan fingerprint density at radius 1 is 0.444 bits per heavy atom. The van der Waals surface area contributed by atoms with Crippen LogP contribution < -0.4 is 23.8 Å². The van der Waals surface area contributed by atoms with Crippen molar-refractivity contribution in [3.63, 3.8) is 0 Å². The Hall–Kier alpha value is -3.86. The standard InChI is InChI=1S/C22H15NO4/c1-2-4-16(5-3-1)23(17-6-8-19-21(14-17)26-12-10-24-19)18-7-9-20-22(15-18)27-13-11-25-20/h1-15H. The van der Waals surface area contributed by atoms with Gasteiger partial charge in [-0.3, -0.25) is 0 Å². The summed E-state index contributed by atoms with van der Waals surface area (Å²) in [5.74, 6) is 2.69. The van der Waals surface area contributed by atoms with Crippen LogP contribution in [0, 0.1) is 0 Å². The second kappa shape index (κ2) is 6.46. The van der Waals surface area contributed by atoms with E-state index in [1.54, 1.807) is 0 Å². The second-order valence-corrected chi connectivity index (χ2v) is 5.95. The summed E-state index contributed by atoms with van der Waals surface area (Å²) in [6.45, 7) is 0. The van der Waals surface area contributed by atoms with Gasteiger partial charge in [0.25, 0.3) is 0 Å². The molecule has 3 aromatic carbocycles. The summed E-state index contributed by atoms with van der Waals surface area (Å²) in [7, 11) is 0. The molecule has 0 atom stereocenters. The van der Waals surface area contributed by atoms with Crippen LogP contribution in [-0.2, 0) is 0 Å². The molecule has 5 heteroatoms. The molecule has 0 amide bonds. The first-order valence-corrected chi connectivity index (χ1v) is 8.48. The Balaban J connectivity index is 1.63. The minimum atomic E-state index is 0.663. The molecule has 3 aromatic rings. The van der Waals surface area contributed by atoms with Crippen LogP contribution in [0.15, 0.2) is 91.8 Å². The summed E-state index contributed by atoms with van der Waals surface area (Å²) in [5.41, 5.74) is 2.88. The Kier molecular flexibility index (Phi) is 3.68. The fourth-order valence-corrected chi connectivity index (χ4v) is 3.08. The number of para-hydroxylation sites is 1. The van der Waals surface area contributed by atoms with E-state index in [0.29, 0.717) is 23.0 Å². The molecule has 0 aliphatic carbocycles. The number of anilines is 3. The fourth-order valence-electron chi connectivity index (χ4n) is 3.08. The van der Waals surface area contributed by atoms with Crippen molar-refractivity contribution in [3.8, 4) is 23.0 Å². The normalized spacial score (nSPS) is 13.3. The first-order chi connectivity index (χ1) is 13.4. The predicted molar refractivity (Wildman–Crippen MR) is 102 cm³/mol. The summed E-state index contributed by atoms with van der Waals surface area (Å²) in [6, 6.07) is 21.8. The van der Waals surface area contributed by atoms with Gasteiger partial charge >= 0.3 is 0 Å². The van der Waals surface area contributed by atoms with E-state index in [-0.39, 0.29) is 0 Å². The molecule has 0 radical (unpaired) electrons. The molecule has 0 unspecified atom stereocenters. The van der Waals surface area contributed by atoms with Crippen LogP contribution in [0.25, 0.3) is 0 Å². The monoisotopic (exact) mass is 357 g/mol. The van der Waals surface area contributed by atoms with Gasteiger partial charge in [0.05, 0.1) is 11.4 Å². The van der Waals surface area contributed by atoms with Crippen LogP contribution in [0.5, 0.6) is 23.0 Å². The first kappa shape index (κ1) is 15.4. The summed E-state index contributed by atoms with van der Waals surface area (Å²) in [5, 5.41) is 0. The van der Waals surface area contributed by atoms with E-state index in [1.807, 2.05) is 66.7 Å². The van der Waals surface area contributed by atoms with Crippen molar-refractivity contribution in [1.29, 1.82) is 0 Å². The topological polar surface area (TPSA) is 40.2 Å². The highest BCUT2D eigenvalue weighted by atomic mass is 16.5. The molecule has 2 heterocycles. The van der Waals surface area contributed by atoms with Gasteiger partial charge in [-0.15, -0.1) is 0 Å². The second-order valence-electron chi connectivity index (χ2n) is 5.95. The van der Waals surface area contributed by atoms with Crippen LogP contribution in [0.4, 0.5) is 17.1 Å². The molecule has 0 aromatic heterocycles. The quantitative estimate of drug-likeness (QED) is 0.606. The van der Waals surface area contributed by atoms with E-state index in [1.165, 1.54) is 25.0 Å². The molecule has 2 aliphatic heterocycles. The SMILES string of the molecule is C1=COc2cc(N(c3ccccc3)c3ccc4c(c3)OC=CO4)ccc2O1. The molecular formula is C22H15NO4. The fraction of sp³-hybridized carbons (Fsp3) is 0. The van der Waals surface area contributed by atoms with Crippen molar-refractivity contribution in [2.24, 2.45) is 0 Å². The molecule has 2 aliphatic rings. The molecule has 0 N–H and O–H groups in total. The van der Waals surface area contributed by atoms with Crippen molar-refractivity contribution in [3.05, 3.63) is 91.8 Å². The number of ether oxygens (including phenoxy) is 4. The van der Waals surface area contributed by atoms with Crippen molar-refractivity contribution >= 4 is 17.1 Å². The number of hydrogen-bond donors (Lipinski definition) is 0. The van der Waals surface area contributed by atoms with E-state index in [0.717, 1.165) is 17.1 Å². The minimum absolute atomic E-state index is 0.663. The summed E-state index contributed by atoms with van der Waals surface area (Å²) in [4.78, 5) is 2.11. The van der Waals surface area contributed by atoms with E-state index in [4.69, 9.17) is 18.9 Å². The van der Waals surface area contributed by atoms with Crippen molar-refractivity contribution < 1.29 is 18.9 Å². The molecule has 0 saturated carbocycles. The van der Waals surface area contributed by atoms with Crippen molar-refractivity contribution in [2.45, 2.75) is 0 Å². The zero-order valence-corrected chi connectivity index (χ0v) is 14.2. The zero-order chi connectivity index (χ0) is 18.1. The largest absolute Gasteiger partial charge is 0.458 e. The average molecular weight is 357 g/mol. The van der Waals surface area contributed by atoms with E-state index in [9.17, 15) is 0 Å². The van der Waals surface area contributed by atoms with E-state index in [2.05, 4.69) is 4.90 Å². The number of hydrogen-bond acceptors (Lipinski definition) is 5. The molecular weight excluding hydrogens is 342 g/mol. The maximum absolute atomic E-state index is 5.59. The maximum atomic E-state index is 5.59. The van der Waals surface area contributed by atoms with Gasteiger partial charge in [0, 0.05) is 17.8 Å². The third-order valence-electron chi connectivity index (χ3n) is 4.28. The van der Waals surface area contributed by atoms with E-state index < -0.39 is 0 Å². The number of fused-ring (bicyclic) bond motifs is 2. The molecule has 0 spiro atoms. The van der Waals surface area contributed by atoms with Gasteiger partial charge in [-0.05, 0) is 36.4 Å². The Morgan fingerprint density at radius 2 is 0.926 bits per heavy atom. The van der Waals surface area contributed by atoms with Gasteiger partial charge in [-0.25, -0.2) is 0 Å². The molecule has 0 saturated heterocycles.